The highest BCUT2D eigenvalue weighted by Gasteiger charge is 2.27. The molecule has 1 fully saturated rings. The predicted molar refractivity (Wildman–Crippen MR) is 55.8 cm³/mol. The van der Waals surface area contributed by atoms with Gasteiger partial charge >= 0.3 is 0 Å². The summed E-state index contributed by atoms with van der Waals surface area (Å²) in [5.41, 5.74) is 0.216. The minimum atomic E-state index is -0.646. The zero-order chi connectivity index (χ0) is 11.7. The molecule has 3 nitrogen and oxygen atoms in total. The highest BCUT2D eigenvalue weighted by Crippen LogP contribution is 2.21. The van der Waals surface area contributed by atoms with Gasteiger partial charge in [-0.25, -0.2) is 8.78 Å². The molecule has 1 aromatic rings. The van der Waals surface area contributed by atoms with Crippen LogP contribution in [0.15, 0.2) is 18.2 Å². The van der Waals surface area contributed by atoms with Gasteiger partial charge in [0.1, 0.15) is 17.8 Å². The zero-order valence-corrected chi connectivity index (χ0v) is 8.84. The number of hydrogen-bond acceptors (Lipinski definition) is 2. The molecule has 1 aliphatic rings. The summed E-state index contributed by atoms with van der Waals surface area (Å²) >= 11 is 0. The molecular formula is C11H12F2N2O. The summed E-state index contributed by atoms with van der Waals surface area (Å²) in [7, 11) is 1.66. The molecule has 1 N–H and O–H groups in total. The summed E-state index contributed by atoms with van der Waals surface area (Å²) in [4.78, 5) is 12.8. The van der Waals surface area contributed by atoms with Crippen molar-refractivity contribution in [3.8, 4) is 0 Å². The molecule has 0 aliphatic carbocycles. The first kappa shape index (κ1) is 10.9. The van der Waals surface area contributed by atoms with Crippen molar-refractivity contribution in [2.75, 3.05) is 12.4 Å². The number of nitrogens with zero attached hydrogens (tertiary/aromatic N) is 1. The monoisotopic (exact) mass is 226 g/mol. The maximum absolute atomic E-state index is 13.3. The van der Waals surface area contributed by atoms with Crippen molar-refractivity contribution in [3.63, 3.8) is 0 Å². The van der Waals surface area contributed by atoms with Crippen LogP contribution in [0.3, 0.4) is 0 Å². The maximum Gasteiger partial charge on any atom is 0.224 e. The van der Waals surface area contributed by atoms with E-state index in [0.29, 0.717) is 12.8 Å². The molecule has 1 atom stereocenters. The largest absolute Gasteiger partial charge is 0.363 e. The van der Waals surface area contributed by atoms with Crippen molar-refractivity contribution < 1.29 is 13.6 Å². The standard InChI is InChI=1S/C11H12F2N2O/c1-15-10(4-5-11(15)16)14-9-3-2-7(12)6-8(9)13/h2-3,6,10,14H,4-5H2,1H3. The molecule has 1 aliphatic heterocycles. The lowest BCUT2D eigenvalue weighted by Crippen LogP contribution is -2.34. The lowest BCUT2D eigenvalue weighted by atomic mass is 10.2. The molecule has 1 saturated heterocycles. The van der Waals surface area contributed by atoms with Crippen LogP contribution in [0.2, 0.25) is 0 Å². The fraction of sp³-hybridized carbons (Fsp3) is 0.364. The van der Waals surface area contributed by atoms with Gasteiger partial charge in [0, 0.05) is 19.5 Å². The topological polar surface area (TPSA) is 32.3 Å². The Hall–Kier alpha value is -1.65. The number of likely N-dealkylation sites (tertiary alicyclic amines) is 1. The molecule has 2 rings (SSSR count). The Morgan fingerprint density at radius 3 is 2.75 bits per heavy atom. The second kappa shape index (κ2) is 4.08. The zero-order valence-electron chi connectivity index (χ0n) is 8.84. The molecule has 1 aromatic carbocycles. The lowest BCUT2D eigenvalue weighted by molar-refractivity contribution is -0.127. The Kier molecular flexibility index (Phi) is 2.77. The molecule has 5 heteroatoms. The predicted octanol–water partition coefficient (Wildman–Crippen LogP) is 1.95. The van der Waals surface area contributed by atoms with E-state index in [0.717, 1.165) is 6.07 Å². The molecule has 86 valence electrons. The van der Waals surface area contributed by atoms with E-state index in [9.17, 15) is 13.6 Å². The van der Waals surface area contributed by atoms with Crippen LogP contribution in [0.4, 0.5) is 14.5 Å². The summed E-state index contributed by atoms with van der Waals surface area (Å²) < 4.78 is 26.0. The molecule has 0 saturated carbocycles. The van der Waals surface area contributed by atoms with Gasteiger partial charge in [0.05, 0.1) is 5.69 Å². The van der Waals surface area contributed by atoms with Crippen molar-refractivity contribution in [1.29, 1.82) is 0 Å². The second-order valence-corrected chi connectivity index (χ2v) is 3.83. The summed E-state index contributed by atoms with van der Waals surface area (Å²) in [6, 6.07) is 3.34. The number of halogens is 2. The van der Waals surface area contributed by atoms with E-state index in [1.165, 1.54) is 17.0 Å². The number of amides is 1. The van der Waals surface area contributed by atoms with Gasteiger partial charge in [-0.15, -0.1) is 0 Å². The molecule has 0 radical (unpaired) electrons. The smallest absolute Gasteiger partial charge is 0.224 e. The van der Waals surface area contributed by atoms with E-state index in [1.54, 1.807) is 7.05 Å². The van der Waals surface area contributed by atoms with Gasteiger partial charge in [-0.05, 0) is 18.6 Å². The Balaban J connectivity index is 2.12. The van der Waals surface area contributed by atoms with Gasteiger partial charge in [-0.2, -0.15) is 0 Å². The van der Waals surface area contributed by atoms with E-state index in [4.69, 9.17) is 0 Å². The first-order valence-electron chi connectivity index (χ1n) is 5.05. The second-order valence-electron chi connectivity index (χ2n) is 3.83. The molecule has 0 bridgehead atoms. The molecule has 1 unspecified atom stereocenters. The van der Waals surface area contributed by atoms with E-state index in [2.05, 4.69) is 5.32 Å². The van der Waals surface area contributed by atoms with Crippen molar-refractivity contribution in [1.82, 2.24) is 4.90 Å². The van der Waals surface area contributed by atoms with Crippen molar-refractivity contribution in [2.24, 2.45) is 0 Å². The van der Waals surface area contributed by atoms with E-state index in [1.807, 2.05) is 0 Å². The number of carbonyl (C=O) groups is 1. The minimum absolute atomic E-state index is 0.0278. The SMILES string of the molecule is CN1C(=O)CCC1Nc1ccc(F)cc1F. The summed E-state index contributed by atoms with van der Waals surface area (Å²) in [5.74, 6) is -1.23. The Bertz CT molecular complexity index is 422. The minimum Gasteiger partial charge on any atom is -0.363 e. The van der Waals surface area contributed by atoms with Gasteiger partial charge in [0.2, 0.25) is 5.91 Å². The Morgan fingerprint density at radius 1 is 1.44 bits per heavy atom. The summed E-state index contributed by atoms with van der Waals surface area (Å²) in [6.07, 6.45) is 0.871. The summed E-state index contributed by atoms with van der Waals surface area (Å²) in [6.45, 7) is 0. The van der Waals surface area contributed by atoms with Crippen LogP contribution < -0.4 is 5.32 Å². The van der Waals surface area contributed by atoms with Crippen LogP contribution in [0.5, 0.6) is 0 Å². The number of benzene rings is 1. The van der Waals surface area contributed by atoms with Crippen LogP contribution >= 0.6 is 0 Å². The van der Waals surface area contributed by atoms with Crippen molar-refractivity contribution in [2.45, 2.75) is 19.0 Å². The maximum atomic E-state index is 13.3. The van der Waals surface area contributed by atoms with Gasteiger partial charge < -0.3 is 10.2 Å². The molecule has 0 spiro atoms. The third-order valence-corrected chi connectivity index (χ3v) is 2.75. The Morgan fingerprint density at radius 2 is 2.19 bits per heavy atom. The number of anilines is 1. The van der Waals surface area contributed by atoms with Gasteiger partial charge in [-0.1, -0.05) is 0 Å². The van der Waals surface area contributed by atoms with E-state index in [-0.39, 0.29) is 17.8 Å². The van der Waals surface area contributed by atoms with Crippen LogP contribution in [-0.2, 0) is 4.79 Å². The third kappa shape index (κ3) is 1.98. The van der Waals surface area contributed by atoms with Gasteiger partial charge in [0.15, 0.2) is 0 Å². The Labute approximate surface area is 92.1 Å². The third-order valence-electron chi connectivity index (χ3n) is 2.75. The highest BCUT2D eigenvalue weighted by molar-refractivity contribution is 5.79. The van der Waals surface area contributed by atoms with Crippen LogP contribution in [-0.4, -0.2) is 24.0 Å². The highest BCUT2D eigenvalue weighted by atomic mass is 19.1. The van der Waals surface area contributed by atoms with Crippen molar-refractivity contribution >= 4 is 11.6 Å². The molecule has 1 heterocycles. The first-order chi connectivity index (χ1) is 7.58. The quantitative estimate of drug-likeness (QED) is 0.836. The summed E-state index contributed by atoms with van der Waals surface area (Å²) in [5, 5.41) is 2.88. The van der Waals surface area contributed by atoms with E-state index >= 15 is 0 Å². The molecule has 16 heavy (non-hydrogen) atoms. The fourth-order valence-electron chi connectivity index (χ4n) is 1.76. The van der Waals surface area contributed by atoms with Crippen LogP contribution in [0.25, 0.3) is 0 Å². The number of rotatable bonds is 2. The van der Waals surface area contributed by atoms with Crippen LogP contribution in [0.1, 0.15) is 12.8 Å². The van der Waals surface area contributed by atoms with Crippen molar-refractivity contribution in [3.05, 3.63) is 29.8 Å². The fourth-order valence-corrected chi connectivity index (χ4v) is 1.76. The van der Waals surface area contributed by atoms with E-state index < -0.39 is 11.6 Å². The first-order valence-corrected chi connectivity index (χ1v) is 5.05. The number of carbonyl (C=O) groups excluding carboxylic acids is 1. The van der Waals surface area contributed by atoms with Gasteiger partial charge in [0.25, 0.3) is 0 Å². The van der Waals surface area contributed by atoms with Crippen LogP contribution in [0, 0.1) is 11.6 Å². The average Bonchev–Trinajstić information content (AvgIpc) is 2.54. The number of nitrogens with one attached hydrogen (secondary N) is 1. The average molecular weight is 226 g/mol. The van der Waals surface area contributed by atoms with Gasteiger partial charge in [-0.3, -0.25) is 4.79 Å². The molecular weight excluding hydrogens is 214 g/mol. The lowest BCUT2D eigenvalue weighted by Gasteiger charge is -2.22. The molecule has 0 aromatic heterocycles. The number of hydrogen-bond donors (Lipinski definition) is 1. The normalized spacial score (nSPS) is 20.3. The molecule has 1 amide bonds.